The fraction of sp³-hybridized carbons (Fsp3) is 0.120. The Morgan fingerprint density at radius 2 is 1.00 bits per heavy atom. The zero-order valence-corrected chi connectivity index (χ0v) is 16.2. The van der Waals surface area contributed by atoms with Gasteiger partial charge in [0.15, 0.2) is 0 Å². The van der Waals surface area contributed by atoms with E-state index in [4.69, 9.17) is 14.2 Å². The van der Waals surface area contributed by atoms with E-state index in [0.29, 0.717) is 0 Å². The Bertz CT molecular complexity index is 1100. The predicted octanol–water partition coefficient (Wildman–Crippen LogP) is 6.20. The van der Waals surface area contributed by atoms with Crippen LogP contribution in [0.3, 0.4) is 0 Å². The highest BCUT2D eigenvalue weighted by Crippen LogP contribution is 2.41. The molecule has 0 aliphatic rings. The van der Waals surface area contributed by atoms with Crippen LogP contribution < -0.4 is 14.2 Å². The molecule has 0 aromatic heterocycles. The second kappa shape index (κ2) is 7.65. The average Bonchev–Trinajstić information content (AvgIpc) is 2.78. The predicted molar refractivity (Wildman–Crippen MR) is 114 cm³/mol. The number of fused-ring (bicyclic) bond motifs is 1. The van der Waals surface area contributed by atoms with Crippen LogP contribution in [-0.4, -0.2) is 21.3 Å². The molecule has 0 radical (unpaired) electrons. The number of hydrogen-bond donors (Lipinski definition) is 0. The molecule has 0 heterocycles. The van der Waals surface area contributed by atoms with Crippen molar-refractivity contribution in [2.45, 2.75) is 0 Å². The van der Waals surface area contributed by atoms with E-state index in [1.807, 2.05) is 30.3 Å². The molecule has 3 nitrogen and oxygen atoms in total. The lowest BCUT2D eigenvalue weighted by molar-refractivity contribution is 0.410. The largest absolute Gasteiger partial charge is 0.497 e. The standard InChI is InChI=1S/C25H22O3/c1-26-19-11-9-18(10-12-19)21-16-23-22(24(27-2)13-14-25(23)28-3)15-20(21)17-7-5-4-6-8-17/h4-16H,1-3H3. The van der Waals surface area contributed by atoms with Crippen molar-refractivity contribution in [2.75, 3.05) is 21.3 Å². The lowest BCUT2D eigenvalue weighted by Crippen LogP contribution is -1.93. The van der Waals surface area contributed by atoms with Crippen LogP contribution in [0.1, 0.15) is 0 Å². The van der Waals surface area contributed by atoms with Crippen LogP contribution in [0.25, 0.3) is 33.0 Å². The first-order valence-corrected chi connectivity index (χ1v) is 9.13. The lowest BCUT2D eigenvalue weighted by atomic mass is 9.91. The average molecular weight is 370 g/mol. The number of hydrogen-bond acceptors (Lipinski definition) is 3. The summed E-state index contributed by atoms with van der Waals surface area (Å²) in [5, 5.41) is 2.05. The molecule has 0 bridgehead atoms. The maximum atomic E-state index is 5.62. The van der Waals surface area contributed by atoms with Gasteiger partial charge in [0.1, 0.15) is 17.2 Å². The monoisotopic (exact) mass is 370 g/mol. The van der Waals surface area contributed by atoms with E-state index < -0.39 is 0 Å². The molecule has 3 heteroatoms. The Hall–Kier alpha value is -3.46. The second-order valence-electron chi connectivity index (χ2n) is 6.51. The first kappa shape index (κ1) is 17.9. The summed E-state index contributed by atoms with van der Waals surface area (Å²) in [6.07, 6.45) is 0. The van der Waals surface area contributed by atoms with Crippen LogP contribution in [0.5, 0.6) is 17.2 Å². The third-order valence-corrected chi connectivity index (χ3v) is 5.00. The fourth-order valence-electron chi connectivity index (χ4n) is 3.56. The molecule has 0 unspecified atom stereocenters. The zero-order valence-electron chi connectivity index (χ0n) is 16.2. The van der Waals surface area contributed by atoms with E-state index in [1.165, 1.54) is 0 Å². The van der Waals surface area contributed by atoms with Gasteiger partial charge in [-0.05, 0) is 58.7 Å². The van der Waals surface area contributed by atoms with Gasteiger partial charge in [0.25, 0.3) is 0 Å². The molecule has 0 atom stereocenters. The van der Waals surface area contributed by atoms with Crippen LogP contribution in [0, 0.1) is 0 Å². The fourth-order valence-corrected chi connectivity index (χ4v) is 3.56. The van der Waals surface area contributed by atoms with Crippen LogP contribution in [0.2, 0.25) is 0 Å². The maximum Gasteiger partial charge on any atom is 0.126 e. The van der Waals surface area contributed by atoms with Gasteiger partial charge in [0, 0.05) is 10.8 Å². The quantitative estimate of drug-likeness (QED) is 0.419. The molecule has 0 aliphatic carbocycles. The minimum absolute atomic E-state index is 0.824. The molecule has 4 rings (SSSR count). The summed E-state index contributed by atoms with van der Waals surface area (Å²) in [6.45, 7) is 0. The Morgan fingerprint density at radius 3 is 1.46 bits per heavy atom. The van der Waals surface area contributed by atoms with Gasteiger partial charge in [0.05, 0.1) is 21.3 Å². The van der Waals surface area contributed by atoms with Crippen LogP contribution in [0.15, 0.2) is 78.9 Å². The van der Waals surface area contributed by atoms with E-state index in [0.717, 1.165) is 50.3 Å². The second-order valence-corrected chi connectivity index (χ2v) is 6.51. The molecular formula is C25H22O3. The first-order chi connectivity index (χ1) is 13.7. The van der Waals surface area contributed by atoms with Gasteiger partial charge in [-0.1, -0.05) is 42.5 Å². The summed E-state index contributed by atoms with van der Waals surface area (Å²) in [6, 6.07) is 26.8. The lowest BCUT2D eigenvalue weighted by Gasteiger charge is -2.16. The molecule has 140 valence electrons. The Balaban J connectivity index is 2.05. The number of benzene rings is 4. The minimum atomic E-state index is 0.824. The van der Waals surface area contributed by atoms with E-state index in [2.05, 4.69) is 48.5 Å². The summed E-state index contributed by atoms with van der Waals surface area (Å²) >= 11 is 0. The van der Waals surface area contributed by atoms with Crippen molar-refractivity contribution in [1.29, 1.82) is 0 Å². The molecule has 0 amide bonds. The molecule has 0 spiro atoms. The van der Waals surface area contributed by atoms with Gasteiger partial charge in [-0.25, -0.2) is 0 Å². The summed E-state index contributed by atoms with van der Waals surface area (Å²) in [5.41, 5.74) is 4.55. The van der Waals surface area contributed by atoms with E-state index in [9.17, 15) is 0 Å². The van der Waals surface area contributed by atoms with Crippen LogP contribution in [0.4, 0.5) is 0 Å². The molecule has 0 saturated carbocycles. The minimum Gasteiger partial charge on any atom is -0.497 e. The van der Waals surface area contributed by atoms with Crippen molar-refractivity contribution in [1.82, 2.24) is 0 Å². The smallest absolute Gasteiger partial charge is 0.126 e. The van der Waals surface area contributed by atoms with Crippen molar-refractivity contribution in [3.8, 4) is 39.5 Å². The van der Waals surface area contributed by atoms with Crippen LogP contribution in [-0.2, 0) is 0 Å². The zero-order chi connectivity index (χ0) is 19.5. The van der Waals surface area contributed by atoms with Gasteiger partial charge in [-0.2, -0.15) is 0 Å². The molecule has 4 aromatic carbocycles. The van der Waals surface area contributed by atoms with Crippen molar-refractivity contribution in [3.05, 3.63) is 78.9 Å². The van der Waals surface area contributed by atoms with Crippen LogP contribution >= 0.6 is 0 Å². The molecular weight excluding hydrogens is 348 g/mol. The Morgan fingerprint density at radius 1 is 0.500 bits per heavy atom. The number of rotatable bonds is 5. The van der Waals surface area contributed by atoms with Crippen molar-refractivity contribution >= 4 is 10.8 Å². The summed E-state index contributed by atoms with van der Waals surface area (Å²) in [7, 11) is 5.07. The summed E-state index contributed by atoms with van der Waals surface area (Å²) in [4.78, 5) is 0. The Labute approximate surface area is 165 Å². The topological polar surface area (TPSA) is 27.7 Å². The normalized spacial score (nSPS) is 10.7. The van der Waals surface area contributed by atoms with Gasteiger partial charge >= 0.3 is 0 Å². The van der Waals surface area contributed by atoms with Gasteiger partial charge in [0.2, 0.25) is 0 Å². The first-order valence-electron chi connectivity index (χ1n) is 9.13. The maximum absolute atomic E-state index is 5.62. The van der Waals surface area contributed by atoms with E-state index in [-0.39, 0.29) is 0 Å². The highest BCUT2D eigenvalue weighted by Gasteiger charge is 2.15. The third-order valence-electron chi connectivity index (χ3n) is 5.00. The summed E-state index contributed by atoms with van der Waals surface area (Å²) in [5.74, 6) is 2.49. The molecule has 0 fully saturated rings. The number of methoxy groups -OCH3 is 3. The van der Waals surface area contributed by atoms with Gasteiger partial charge in [-0.3, -0.25) is 0 Å². The van der Waals surface area contributed by atoms with Crippen molar-refractivity contribution in [3.63, 3.8) is 0 Å². The molecule has 0 aliphatic heterocycles. The van der Waals surface area contributed by atoms with Crippen molar-refractivity contribution in [2.24, 2.45) is 0 Å². The van der Waals surface area contributed by atoms with E-state index in [1.54, 1.807) is 21.3 Å². The van der Waals surface area contributed by atoms with Gasteiger partial charge < -0.3 is 14.2 Å². The Kier molecular flexibility index (Phi) is 4.90. The summed E-state index contributed by atoms with van der Waals surface area (Å²) < 4.78 is 16.6. The van der Waals surface area contributed by atoms with Crippen molar-refractivity contribution < 1.29 is 14.2 Å². The SMILES string of the molecule is COc1ccc(-c2cc3c(OC)ccc(OC)c3cc2-c2ccccc2)cc1. The molecule has 4 aromatic rings. The highest BCUT2D eigenvalue weighted by atomic mass is 16.5. The molecule has 28 heavy (non-hydrogen) atoms. The number of ether oxygens (including phenoxy) is 3. The highest BCUT2D eigenvalue weighted by molar-refractivity contribution is 6.02. The molecule has 0 N–H and O–H groups in total. The van der Waals surface area contributed by atoms with E-state index >= 15 is 0 Å². The third kappa shape index (κ3) is 3.16. The van der Waals surface area contributed by atoms with Gasteiger partial charge in [-0.15, -0.1) is 0 Å². The molecule has 0 saturated heterocycles.